The van der Waals surface area contributed by atoms with Crippen LogP contribution in [0.25, 0.3) is 10.8 Å². The van der Waals surface area contributed by atoms with Crippen LogP contribution in [0.3, 0.4) is 0 Å². The van der Waals surface area contributed by atoms with Crippen molar-refractivity contribution in [3.8, 4) is 11.8 Å². The number of halogens is 1. The molecule has 0 saturated heterocycles. The molecule has 3 rings (SSSR count). The van der Waals surface area contributed by atoms with Crippen LogP contribution in [0.5, 0.6) is 5.75 Å². The van der Waals surface area contributed by atoms with Crippen molar-refractivity contribution in [1.29, 1.82) is 5.26 Å². The Balaban J connectivity index is 1.83. The van der Waals surface area contributed by atoms with Crippen molar-refractivity contribution < 1.29 is 9.13 Å². The lowest BCUT2D eigenvalue weighted by molar-refractivity contribution is 0.305. The first-order chi connectivity index (χ1) is 10.3. The fraction of sp³-hybridized carbons (Fsp3) is 0.0556. The predicted molar refractivity (Wildman–Crippen MR) is 79.4 cm³/mol. The van der Waals surface area contributed by atoms with Gasteiger partial charge in [0.2, 0.25) is 0 Å². The second-order valence-corrected chi connectivity index (χ2v) is 4.71. The zero-order valence-corrected chi connectivity index (χ0v) is 11.2. The summed E-state index contributed by atoms with van der Waals surface area (Å²) in [6.45, 7) is 0.166. The summed E-state index contributed by atoms with van der Waals surface area (Å²) >= 11 is 0. The summed E-state index contributed by atoms with van der Waals surface area (Å²) in [6, 6.07) is 19.9. The molecule has 0 aromatic heterocycles. The summed E-state index contributed by atoms with van der Waals surface area (Å²) in [7, 11) is 0. The largest absolute Gasteiger partial charge is 0.489 e. The molecule has 0 unspecified atom stereocenters. The van der Waals surface area contributed by atoms with Crippen LogP contribution in [0.1, 0.15) is 11.1 Å². The van der Waals surface area contributed by atoms with Crippen LogP contribution in [0.2, 0.25) is 0 Å². The average molecular weight is 277 g/mol. The predicted octanol–water partition coefficient (Wildman–Crippen LogP) is 4.43. The van der Waals surface area contributed by atoms with Gasteiger partial charge in [-0.25, -0.2) is 4.39 Å². The van der Waals surface area contributed by atoms with Crippen LogP contribution >= 0.6 is 0 Å². The van der Waals surface area contributed by atoms with Gasteiger partial charge in [-0.1, -0.05) is 30.3 Å². The van der Waals surface area contributed by atoms with E-state index in [4.69, 9.17) is 10.00 Å². The van der Waals surface area contributed by atoms with Gasteiger partial charge in [0.05, 0.1) is 11.6 Å². The number of hydrogen-bond donors (Lipinski definition) is 0. The van der Waals surface area contributed by atoms with Crippen LogP contribution < -0.4 is 4.74 Å². The topological polar surface area (TPSA) is 33.0 Å². The number of ether oxygens (including phenoxy) is 1. The SMILES string of the molecule is N#Cc1ccc(F)cc1COc1ccc2ccccc2c1. The molecule has 0 radical (unpaired) electrons. The molecule has 0 atom stereocenters. The molecule has 0 aliphatic carbocycles. The Morgan fingerprint density at radius 2 is 1.76 bits per heavy atom. The lowest BCUT2D eigenvalue weighted by Gasteiger charge is -2.09. The molecule has 0 aliphatic heterocycles. The molecule has 0 aliphatic rings. The maximum Gasteiger partial charge on any atom is 0.123 e. The van der Waals surface area contributed by atoms with Crippen molar-refractivity contribution >= 4 is 10.8 Å². The summed E-state index contributed by atoms with van der Waals surface area (Å²) in [4.78, 5) is 0. The lowest BCUT2D eigenvalue weighted by atomic mass is 10.1. The summed E-state index contributed by atoms with van der Waals surface area (Å²) in [5.41, 5.74) is 0.975. The summed E-state index contributed by atoms with van der Waals surface area (Å²) in [5.74, 6) is 0.327. The van der Waals surface area contributed by atoms with Crippen molar-refractivity contribution in [3.63, 3.8) is 0 Å². The monoisotopic (exact) mass is 277 g/mol. The number of nitrogens with zero attached hydrogens (tertiary/aromatic N) is 1. The van der Waals surface area contributed by atoms with Crippen molar-refractivity contribution in [2.24, 2.45) is 0 Å². The van der Waals surface area contributed by atoms with E-state index in [-0.39, 0.29) is 12.4 Å². The van der Waals surface area contributed by atoms with E-state index in [1.54, 1.807) is 0 Å². The van der Waals surface area contributed by atoms with E-state index in [0.29, 0.717) is 16.9 Å². The fourth-order valence-electron chi connectivity index (χ4n) is 2.21. The molecular weight excluding hydrogens is 265 g/mol. The van der Waals surface area contributed by atoms with Crippen LogP contribution in [0.4, 0.5) is 4.39 Å². The quantitative estimate of drug-likeness (QED) is 0.709. The second-order valence-electron chi connectivity index (χ2n) is 4.71. The number of hydrogen-bond acceptors (Lipinski definition) is 2. The normalized spacial score (nSPS) is 10.3. The Morgan fingerprint density at radius 3 is 2.57 bits per heavy atom. The third-order valence-corrected chi connectivity index (χ3v) is 3.30. The molecule has 3 heteroatoms. The zero-order chi connectivity index (χ0) is 14.7. The molecule has 21 heavy (non-hydrogen) atoms. The maximum atomic E-state index is 13.3. The van der Waals surface area contributed by atoms with E-state index in [1.807, 2.05) is 48.5 Å². The van der Waals surface area contributed by atoms with Gasteiger partial charge in [-0.15, -0.1) is 0 Å². The van der Waals surface area contributed by atoms with Crippen LogP contribution in [0, 0.1) is 17.1 Å². The molecule has 102 valence electrons. The molecule has 2 nitrogen and oxygen atoms in total. The van der Waals surface area contributed by atoms with Crippen LogP contribution in [-0.2, 0) is 6.61 Å². The first-order valence-electron chi connectivity index (χ1n) is 6.56. The Kier molecular flexibility index (Phi) is 3.53. The molecule has 3 aromatic carbocycles. The third-order valence-electron chi connectivity index (χ3n) is 3.30. The van der Waals surface area contributed by atoms with Crippen molar-refractivity contribution in [2.45, 2.75) is 6.61 Å². The smallest absolute Gasteiger partial charge is 0.123 e. The molecule has 0 amide bonds. The van der Waals surface area contributed by atoms with Crippen LogP contribution in [0.15, 0.2) is 60.7 Å². The minimum absolute atomic E-state index is 0.166. The Labute approximate surface area is 122 Å². The molecule has 0 N–H and O–H groups in total. The highest BCUT2D eigenvalue weighted by Gasteiger charge is 2.05. The number of rotatable bonds is 3. The van der Waals surface area contributed by atoms with Gasteiger partial charge in [0.1, 0.15) is 18.2 Å². The Morgan fingerprint density at radius 1 is 0.952 bits per heavy atom. The van der Waals surface area contributed by atoms with E-state index in [9.17, 15) is 4.39 Å². The van der Waals surface area contributed by atoms with Gasteiger partial charge in [-0.3, -0.25) is 0 Å². The van der Waals surface area contributed by atoms with Gasteiger partial charge in [0.15, 0.2) is 0 Å². The van der Waals surface area contributed by atoms with E-state index >= 15 is 0 Å². The molecule has 0 spiro atoms. The average Bonchev–Trinajstić information content (AvgIpc) is 2.53. The molecule has 3 aromatic rings. The van der Waals surface area contributed by atoms with E-state index < -0.39 is 0 Å². The third kappa shape index (κ3) is 2.85. The minimum atomic E-state index is -0.369. The standard InChI is InChI=1S/C18H12FNO/c19-17-7-5-15(11-20)16(9-17)12-21-18-8-6-13-3-1-2-4-14(13)10-18/h1-10H,12H2. The van der Waals surface area contributed by atoms with E-state index in [1.165, 1.54) is 18.2 Å². The molecule has 0 saturated carbocycles. The zero-order valence-electron chi connectivity index (χ0n) is 11.2. The molecule has 0 fully saturated rings. The first kappa shape index (κ1) is 13.1. The van der Waals surface area contributed by atoms with E-state index in [2.05, 4.69) is 0 Å². The van der Waals surface area contributed by atoms with Gasteiger partial charge in [-0.05, 0) is 41.1 Å². The first-order valence-corrected chi connectivity index (χ1v) is 6.56. The van der Waals surface area contributed by atoms with Gasteiger partial charge < -0.3 is 4.74 Å². The Bertz CT molecular complexity index is 836. The maximum absolute atomic E-state index is 13.3. The molecular formula is C18H12FNO. The van der Waals surface area contributed by atoms with Gasteiger partial charge in [0.25, 0.3) is 0 Å². The number of benzene rings is 3. The van der Waals surface area contributed by atoms with E-state index in [0.717, 1.165) is 10.8 Å². The van der Waals surface area contributed by atoms with Gasteiger partial charge >= 0.3 is 0 Å². The van der Waals surface area contributed by atoms with Crippen molar-refractivity contribution in [3.05, 3.63) is 77.6 Å². The fourth-order valence-corrected chi connectivity index (χ4v) is 2.21. The number of fused-ring (bicyclic) bond motifs is 1. The molecule has 0 heterocycles. The van der Waals surface area contributed by atoms with Crippen LogP contribution in [-0.4, -0.2) is 0 Å². The van der Waals surface area contributed by atoms with Crippen molar-refractivity contribution in [2.75, 3.05) is 0 Å². The number of nitriles is 1. The van der Waals surface area contributed by atoms with Gasteiger partial charge in [-0.2, -0.15) is 5.26 Å². The highest BCUT2D eigenvalue weighted by atomic mass is 19.1. The van der Waals surface area contributed by atoms with Gasteiger partial charge in [0, 0.05) is 5.56 Å². The Hall–Kier alpha value is -2.86. The highest BCUT2D eigenvalue weighted by molar-refractivity contribution is 5.83. The summed E-state index contributed by atoms with van der Waals surface area (Å²) in [6.07, 6.45) is 0. The summed E-state index contributed by atoms with van der Waals surface area (Å²) in [5, 5.41) is 11.2. The molecule has 0 bridgehead atoms. The second kappa shape index (κ2) is 5.64. The lowest BCUT2D eigenvalue weighted by Crippen LogP contribution is -1.99. The van der Waals surface area contributed by atoms with Crippen molar-refractivity contribution in [1.82, 2.24) is 0 Å². The highest BCUT2D eigenvalue weighted by Crippen LogP contribution is 2.22. The minimum Gasteiger partial charge on any atom is -0.489 e. The summed E-state index contributed by atoms with van der Waals surface area (Å²) < 4.78 is 18.9.